The second-order valence-electron chi connectivity index (χ2n) is 8.31. The SMILES string of the molecule is O=C(CC1CCOCC1)Nc1cccc2nc(NC3CCc4ccccc43)ccc12. The van der Waals surface area contributed by atoms with Gasteiger partial charge in [0.05, 0.1) is 17.2 Å². The lowest BCUT2D eigenvalue weighted by Gasteiger charge is -2.21. The predicted octanol–water partition coefficient (Wildman–Crippen LogP) is 5.09. The monoisotopic (exact) mass is 401 g/mol. The number of pyridine rings is 1. The van der Waals surface area contributed by atoms with Crippen LogP contribution in [0.4, 0.5) is 11.5 Å². The Labute approximate surface area is 176 Å². The topological polar surface area (TPSA) is 63.2 Å². The molecule has 1 amide bonds. The zero-order valence-electron chi connectivity index (χ0n) is 17.1. The Bertz CT molecular complexity index is 1060. The molecule has 1 fully saturated rings. The largest absolute Gasteiger partial charge is 0.381 e. The molecule has 2 heterocycles. The number of nitrogens with one attached hydrogen (secondary N) is 2. The number of anilines is 2. The summed E-state index contributed by atoms with van der Waals surface area (Å²) in [5.74, 6) is 1.35. The van der Waals surface area contributed by atoms with Crippen LogP contribution >= 0.6 is 0 Å². The fraction of sp³-hybridized carbons (Fsp3) is 0.360. The van der Waals surface area contributed by atoms with Gasteiger partial charge in [-0.3, -0.25) is 4.79 Å². The van der Waals surface area contributed by atoms with Gasteiger partial charge >= 0.3 is 0 Å². The van der Waals surface area contributed by atoms with E-state index in [0.29, 0.717) is 18.4 Å². The number of rotatable bonds is 5. The smallest absolute Gasteiger partial charge is 0.224 e. The molecule has 30 heavy (non-hydrogen) atoms. The van der Waals surface area contributed by atoms with Crippen molar-refractivity contribution < 1.29 is 9.53 Å². The summed E-state index contributed by atoms with van der Waals surface area (Å²) < 4.78 is 5.39. The fourth-order valence-corrected chi connectivity index (χ4v) is 4.64. The van der Waals surface area contributed by atoms with Gasteiger partial charge in [0, 0.05) is 25.0 Å². The molecule has 1 aromatic heterocycles. The molecule has 0 radical (unpaired) electrons. The van der Waals surface area contributed by atoms with Gasteiger partial charge in [0.15, 0.2) is 0 Å². The third-order valence-electron chi connectivity index (χ3n) is 6.28. The maximum absolute atomic E-state index is 12.6. The van der Waals surface area contributed by atoms with Gasteiger partial charge in [-0.05, 0) is 67.0 Å². The summed E-state index contributed by atoms with van der Waals surface area (Å²) in [5, 5.41) is 7.66. The number of hydrogen-bond acceptors (Lipinski definition) is 4. The molecule has 5 rings (SSSR count). The van der Waals surface area contributed by atoms with Crippen molar-refractivity contribution in [2.75, 3.05) is 23.8 Å². The van der Waals surface area contributed by atoms with E-state index in [-0.39, 0.29) is 5.91 Å². The molecule has 1 unspecified atom stereocenters. The van der Waals surface area contributed by atoms with Crippen LogP contribution in [0.3, 0.4) is 0 Å². The third kappa shape index (κ3) is 4.03. The first kappa shape index (κ1) is 19.1. The molecule has 1 saturated heterocycles. The van der Waals surface area contributed by atoms with E-state index in [0.717, 1.165) is 61.3 Å². The second kappa shape index (κ2) is 8.44. The van der Waals surface area contributed by atoms with Gasteiger partial charge in [-0.2, -0.15) is 0 Å². The van der Waals surface area contributed by atoms with Crippen LogP contribution in [0, 0.1) is 5.92 Å². The average Bonchev–Trinajstić information content (AvgIpc) is 3.17. The molecule has 5 nitrogen and oxygen atoms in total. The number of carbonyl (C=O) groups is 1. The molecule has 0 spiro atoms. The van der Waals surface area contributed by atoms with Crippen LogP contribution < -0.4 is 10.6 Å². The van der Waals surface area contributed by atoms with E-state index in [2.05, 4.69) is 41.0 Å². The van der Waals surface area contributed by atoms with Crippen molar-refractivity contribution in [3.63, 3.8) is 0 Å². The Morgan fingerprint density at radius 2 is 1.87 bits per heavy atom. The molecular weight excluding hydrogens is 374 g/mol. The van der Waals surface area contributed by atoms with E-state index < -0.39 is 0 Å². The number of ether oxygens (including phenoxy) is 1. The van der Waals surface area contributed by atoms with Crippen LogP contribution in [0.15, 0.2) is 54.6 Å². The number of nitrogens with zero attached hydrogens (tertiary/aromatic N) is 1. The summed E-state index contributed by atoms with van der Waals surface area (Å²) >= 11 is 0. The maximum Gasteiger partial charge on any atom is 0.224 e. The lowest BCUT2D eigenvalue weighted by atomic mass is 9.96. The molecule has 3 aromatic rings. The van der Waals surface area contributed by atoms with E-state index in [1.807, 2.05) is 24.3 Å². The molecule has 1 aliphatic carbocycles. The third-order valence-corrected chi connectivity index (χ3v) is 6.28. The number of fused-ring (bicyclic) bond motifs is 2. The molecule has 0 bridgehead atoms. The maximum atomic E-state index is 12.6. The quantitative estimate of drug-likeness (QED) is 0.625. The van der Waals surface area contributed by atoms with Crippen LogP contribution in [0.25, 0.3) is 10.9 Å². The summed E-state index contributed by atoms with van der Waals surface area (Å²) in [6.07, 6.45) is 4.66. The number of carbonyl (C=O) groups excluding carboxylic acids is 1. The predicted molar refractivity (Wildman–Crippen MR) is 120 cm³/mol. The molecular formula is C25H27N3O2. The average molecular weight is 402 g/mol. The Balaban J connectivity index is 1.31. The molecule has 2 aliphatic rings. The number of hydrogen-bond donors (Lipinski definition) is 2. The highest BCUT2D eigenvalue weighted by molar-refractivity contribution is 6.01. The van der Waals surface area contributed by atoms with Crippen LogP contribution in [0.5, 0.6) is 0 Å². The number of aryl methyl sites for hydroxylation is 1. The number of amides is 1. The summed E-state index contributed by atoms with van der Waals surface area (Å²) in [7, 11) is 0. The highest BCUT2D eigenvalue weighted by Crippen LogP contribution is 2.34. The minimum Gasteiger partial charge on any atom is -0.381 e. The van der Waals surface area contributed by atoms with Crippen LogP contribution in [-0.4, -0.2) is 24.1 Å². The normalized spacial score (nSPS) is 18.9. The van der Waals surface area contributed by atoms with Gasteiger partial charge < -0.3 is 15.4 Å². The Morgan fingerprint density at radius 1 is 1.00 bits per heavy atom. The van der Waals surface area contributed by atoms with E-state index in [1.165, 1.54) is 11.1 Å². The number of aromatic nitrogens is 1. The Morgan fingerprint density at radius 3 is 2.77 bits per heavy atom. The first-order valence-corrected chi connectivity index (χ1v) is 10.9. The summed E-state index contributed by atoms with van der Waals surface area (Å²) in [6.45, 7) is 1.52. The lowest BCUT2D eigenvalue weighted by molar-refractivity contribution is -0.117. The zero-order chi connectivity index (χ0) is 20.3. The van der Waals surface area contributed by atoms with Crippen molar-refractivity contribution in [1.82, 2.24) is 4.98 Å². The lowest BCUT2D eigenvalue weighted by Crippen LogP contribution is -2.22. The summed E-state index contributed by atoms with van der Waals surface area (Å²) in [4.78, 5) is 17.4. The molecule has 5 heteroatoms. The van der Waals surface area contributed by atoms with Crippen LogP contribution in [0.2, 0.25) is 0 Å². The van der Waals surface area contributed by atoms with E-state index in [1.54, 1.807) is 0 Å². The summed E-state index contributed by atoms with van der Waals surface area (Å²) in [5.41, 5.74) is 4.50. The Hall–Kier alpha value is -2.92. The van der Waals surface area contributed by atoms with Crippen molar-refractivity contribution in [2.24, 2.45) is 5.92 Å². The molecule has 0 saturated carbocycles. The van der Waals surface area contributed by atoms with Crippen molar-refractivity contribution in [3.05, 3.63) is 65.7 Å². The number of benzene rings is 2. The first-order chi connectivity index (χ1) is 14.8. The van der Waals surface area contributed by atoms with E-state index in [9.17, 15) is 4.79 Å². The highest BCUT2D eigenvalue weighted by Gasteiger charge is 2.22. The molecule has 154 valence electrons. The molecule has 2 aromatic carbocycles. The van der Waals surface area contributed by atoms with Gasteiger partial charge in [0.25, 0.3) is 0 Å². The van der Waals surface area contributed by atoms with Crippen molar-refractivity contribution in [2.45, 2.75) is 38.1 Å². The summed E-state index contributed by atoms with van der Waals surface area (Å²) in [6, 6.07) is 18.9. The van der Waals surface area contributed by atoms with Gasteiger partial charge in [0.1, 0.15) is 5.82 Å². The first-order valence-electron chi connectivity index (χ1n) is 10.9. The van der Waals surface area contributed by atoms with Crippen LogP contribution in [0.1, 0.15) is 42.9 Å². The molecule has 2 N–H and O–H groups in total. The van der Waals surface area contributed by atoms with Gasteiger partial charge in [-0.15, -0.1) is 0 Å². The Kier molecular flexibility index (Phi) is 5.37. The molecule has 1 aliphatic heterocycles. The van der Waals surface area contributed by atoms with E-state index in [4.69, 9.17) is 9.72 Å². The highest BCUT2D eigenvalue weighted by atomic mass is 16.5. The van der Waals surface area contributed by atoms with Gasteiger partial charge in [-0.25, -0.2) is 4.98 Å². The minimum atomic E-state index is 0.0687. The van der Waals surface area contributed by atoms with Crippen molar-refractivity contribution in [1.29, 1.82) is 0 Å². The second-order valence-corrected chi connectivity index (χ2v) is 8.31. The van der Waals surface area contributed by atoms with Gasteiger partial charge in [-0.1, -0.05) is 30.3 Å². The van der Waals surface area contributed by atoms with Crippen LogP contribution in [-0.2, 0) is 16.0 Å². The van der Waals surface area contributed by atoms with Crippen molar-refractivity contribution >= 4 is 28.3 Å². The standard InChI is InChI=1S/C25H27N3O2/c29-25(16-17-12-14-30-15-13-17)28-22-7-3-6-21-20(22)9-11-24(26-21)27-23-10-8-18-4-1-2-5-19(18)23/h1-7,9,11,17,23H,8,10,12-16H2,(H,26,27)(H,28,29). The molecule has 1 atom stereocenters. The van der Waals surface area contributed by atoms with E-state index >= 15 is 0 Å². The van der Waals surface area contributed by atoms with Crippen molar-refractivity contribution in [3.8, 4) is 0 Å². The fourth-order valence-electron chi connectivity index (χ4n) is 4.64. The zero-order valence-corrected chi connectivity index (χ0v) is 17.1. The van der Waals surface area contributed by atoms with Gasteiger partial charge in [0.2, 0.25) is 5.91 Å². The minimum absolute atomic E-state index is 0.0687.